The summed E-state index contributed by atoms with van der Waals surface area (Å²) in [6, 6.07) is 38.3. The molecule has 0 spiro atoms. The van der Waals surface area contributed by atoms with E-state index in [1.807, 2.05) is 97.1 Å². The number of aldehydes is 1. The molecule has 0 saturated carbocycles. The molecule has 5 saturated heterocycles. The first kappa shape index (κ1) is 34.3. The molecule has 9 rings (SSSR count). The first-order valence-corrected chi connectivity index (χ1v) is 17.6. The van der Waals surface area contributed by atoms with Gasteiger partial charge in [0.1, 0.15) is 50.5 Å². The third kappa shape index (κ3) is 6.25. The van der Waals surface area contributed by atoms with Crippen molar-refractivity contribution in [3.63, 3.8) is 0 Å². The summed E-state index contributed by atoms with van der Waals surface area (Å²) in [5.74, 6) is -1.76. The number of fused-ring (bicyclic) bond motifs is 2. The molecule has 4 aromatic carbocycles. The maximum absolute atomic E-state index is 12.4. The predicted octanol–water partition coefficient (Wildman–Crippen LogP) is 5.57. The second-order valence-electron chi connectivity index (χ2n) is 13.8. The van der Waals surface area contributed by atoms with Crippen LogP contribution in [0.1, 0.15) is 71.8 Å². The van der Waals surface area contributed by atoms with Crippen LogP contribution < -0.4 is 0 Å². The van der Waals surface area contributed by atoms with Crippen LogP contribution in [-0.4, -0.2) is 49.6 Å². The van der Waals surface area contributed by atoms with Gasteiger partial charge in [0.25, 0.3) is 0 Å². The summed E-state index contributed by atoms with van der Waals surface area (Å²) < 4.78 is 35.4. The van der Waals surface area contributed by atoms with Gasteiger partial charge in [-0.05, 0) is 11.1 Å². The summed E-state index contributed by atoms with van der Waals surface area (Å²) in [7, 11) is 0. The van der Waals surface area contributed by atoms with E-state index in [0.717, 1.165) is 16.7 Å². The Kier molecular flexibility index (Phi) is 9.05. The molecular formula is C40H34B2O11. The van der Waals surface area contributed by atoms with E-state index in [4.69, 9.17) is 28.1 Å². The summed E-state index contributed by atoms with van der Waals surface area (Å²) in [4.78, 5) is 59.2. The average Bonchev–Trinajstić information content (AvgIpc) is 3.95. The van der Waals surface area contributed by atoms with E-state index in [1.54, 1.807) is 24.3 Å². The molecule has 266 valence electrons. The molecule has 5 aliphatic heterocycles. The Morgan fingerprint density at radius 1 is 0.509 bits per heavy atom. The van der Waals surface area contributed by atoms with Crippen LogP contribution in [0.4, 0.5) is 0 Å². The third-order valence-corrected chi connectivity index (χ3v) is 10.7. The van der Waals surface area contributed by atoms with Gasteiger partial charge in [0.2, 0.25) is 0 Å². The molecule has 11 nitrogen and oxygen atoms in total. The van der Waals surface area contributed by atoms with Crippen LogP contribution in [0.3, 0.4) is 0 Å². The smallest absolute Gasteiger partial charge is 0.573 e. The number of carbonyl (C=O) groups is 5. The molecule has 0 radical (unpaired) electrons. The minimum Gasteiger partial charge on any atom is -0.613 e. The Balaban J connectivity index is 0.000000178. The maximum Gasteiger partial charge on any atom is 0.573 e. The maximum atomic E-state index is 12.4. The molecule has 4 aromatic rings. The van der Waals surface area contributed by atoms with Gasteiger partial charge in [-0.3, -0.25) is 19.2 Å². The molecule has 5 aliphatic rings. The van der Waals surface area contributed by atoms with Crippen molar-refractivity contribution >= 4 is 43.3 Å². The fourth-order valence-corrected chi connectivity index (χ4v) is 8.39. The van der Waals surface area contributed by atoms with Crippen LogP contribution in [0, 0.1) is 11.6 Å². The monoisotopic (exact) mass is 712 g/mol. The van der Waals surface area contributed by atoms with Crippen molar-refractivity contribution in [2.24, 2.45) is 0 Å². The minimum atomic E-state index is -2.40. The molecule has 5 fully saturated rings. The lowest BCUT2D eigenvalue weighted by molar-refractivity contribution is -0.141. The van der Waals surface area contributed by atoms with E-state index < -0.39 is 43.0 Å². The van der Waals surface area contributed by atoms with Gasteiger partial charge in [0, 0.05) is 23.3 Å². The Labute approximate surface area is 305 Å². The summed E-state index contributed by atoms with van der Waals surface area (Å²) >= 11 is 0. The fourth-order valence-electron chi connectivity index (χ4n) is 8.39. The Morgan fingerprint density at radius 2 is 0.868 bits per heavy atom. The van der Waals surface area contributed by atoms with Gasteiger partial charge >= 0.3 is 37.0 Å². The quantitative estimate of drug-likeness (QED) is 0.129. The van der Waals surface area contributed by atoms with E-state index in [2.05, 4.69) is 0 Å². The molecule has 0 aliphatic carbocycles. The van der Waals surface area contributed by atoms with Crippen LogP contribution in [0.15, 0.2) is 121 Å². The first-order chi connectivity index (χ1) is 25.8. The SMILES string of the molecule is O=C1C[C+]2CC(=O)O[B-]2([C@H](c2ccccc2)C2O[C@@H](c3ccccc3)[C@H](c3ccccc3)O2)O1.O=C[C@@H](c1ccccc1)[B-]12OC(=O)C[C+]1CC(=O)O2. The van der Waals surface area contributed by atoms with E-state index in [-0.39, 0.29) is 49.8 Å². The molecule has 53 heavy (non-hydrogen) atoms. The van der Waals surface area contributed by atoms with Crippen LogP contribution in [0.2, 0.25) is 0 Å². The van der Waals surface area contributed by atoms with Crippen molar-refractivity contribution in [1.82, 2.24) is 0 Å². The number of ether oxygens (including phenoxy) is 2. The molecule has 5 heterocycles. The Bertz CT molecular complexity index is 1910. The molecule has 0 unspecified atom stereocenters. The lowest BCUT2D eigenvalue weighted by Gasteiger charge is -2.36. The zero-order chi connectivity index (χ0) is 36.6. The molecule has 0 bridgehead atoms. The highest BCUT2D eigenvalue weighted by Gasteiger charge is 2.72. The lowest BCUT2D eigenvalue weighted by Crippen LogP contribution is -2.52. The predicted molar refractivity (Wildman–Crippen MR) is 190 cm³/mol. The highest BCUT2D eigenvalue weighted by atomic mass is 16.7. The van der Waals surface area contributed by atoms with Gasteiger partial charge in [-0.25, -0.2) is 0 Å². The van der Waals surface area contributed by atoms with Gasteiger partial charge in [-0.1, -0.05) is 132 Å². The summed E-state index contributed by atoms with van der Waals surface area (Å²) in [6.07, 6.45) is -0.616. The second-order valence-corrected chi connectivity index (χ2v) is 13.8. The first-order valence-electron chi connectivity index (χ1n) is 17.6. The highest BCUT2D eigenvalue weighted by molar-refractivity contribution is 6.83. The highest BCUT2D eigenvalue weighted by Crippen LogP contribution is 2.54. The molecule has 4 atom stereocenters. The normalized spacial score (nSPS) is 23.5. The average molecular weight is 712 g/mol. The van der Waals surface area contributed by atoms with Gasteiger partial charge in [-0.15, -0.1) is 0 Å². The largest absolute Gasteiger partial charge is 0.613 e. The number of hydrogen-bond acceptors (Lipinski definition) is 11. The number of rotatable bonds is 8. The molecule has 0 aromatic heterocycles. The second kappa shape index (κ2) is 14.0. The van der Waals surface area contributed by atoms with E-state index in [0.29, 0.717) is 23.5 Å². The van der Waals surface area contributed by atoms with Crippen molar-refractivity contribution in [2.75, 3.05) is 0 Å². The summed E-state index contributed by atoms with van der Waals surface area (Å²) in [6.45, 7) is -4.70. The Hall–Kier alpha value is -5.78. The standard InChI is InChI=1S/C27H23BO6.C13H11BO5/c29-22-16-21-17-23(30)34-28(21,33-22)24(18-10-4-1-5-11-18)27-31-25(19-12-6-2-7-13-19)26(32-27)20-14-8-3-9-15-20;15-8-11(9-4-2-1-3-5-9)14-10(6-12(16)18-14)7-13(17)19-14/h1-15,24-27H,16-17H2;1-5,8,11H,6-7H2/t24-,25+,26+;11-/m10/s1. The van der Waals surface area contributed by atoms with Crippen molar-refractivity contribution in [3.8, 4) is 0 Å². The van der Waals surface area contributed by atoms with Gasteiger partial charge in [0.05, 0.1) is 0 Å². The minimum absolute atomic E-state index is 0.0584. The van der Waals surface area contributed by atoms with Crippen LogP contribution in [0.5, 0.6) is 0 Å². The fraction of sp³-hybridized carbons (Fsp3) is 0.225. The van der Waals surface area contributed by atoms with Crippen molar-refractivity contribution in [3.05, 3.63) is 155 Å². The zero-order valence-corrected chi connectivity index (χ0v) is 28.5. The third-order valence-electron chi connectivity index (χ3n) is 10.7. The van der Waals surface area contributed by atoms with Crippen molar-refractivity contribution < 1.29 is 52.1 Å². The zero-order valence-electron chi connectivity index (χ0n) is 28.5. The van der Waals surface area contributed by atoms with E-state index in [1.165, 1.54) is 0 Å². The Morgan fingerprint density at radius 3 is 1.28 bits per heavy atom. The summed E-state index contributed by atoms with van der Waals surface area (Å²) in [5, 5.41) is 0. The summed E-state index contributed by atoms with van der Waals surface area (Å²) in [5.41, 5.74) is 3.47. The molecule has 0 amide bonds. The number of benzene rings is 4. The topological polar surface area (TPSA) is 141 Å². The van der Waals surface area contributed by atoms with Crippen LogP contribution in [0.25, 0.3) is 0 Å². The van der Waals surface area contributed by atoms with Gasteiger partial charge in [0.15, 0.2) is 0 Å². The number of hydrogen-bond donors (Lipinski definition) is 0. The van der Waals surface area contributed by atoms with Gasteiger partial charge < -0.3 is 32.9 Å². The van der Waals surface area contributed by atoms with Gasteiger partial charge in [-0.2, -0.15) is 0 Å². The molecule has 0 N–H and O–H groups in total. The molecular weight excluding hydrogens is 678 g/mol. The number of carbonyl (C=O) groups excluding carboxylic acids is 5. The van der Waals surface area contributed by atoms with E-state index in [9.17, 15) is 24.0 Å². The van der Waals surface area contributed by atoms with E-state index >= 15 is 0 Å². The van der Waals surface area contributed by atoms with Crippen LogP contribution in [-0.2, 0) is 52.1 Å². The lowest BCUT2D eigenvalue weighted by atomic mass is 9.39. The van der Waals surface area contributed by atoms with Crippen LogP contribution >= 0.6 is 0 Å². The van der Waals surface area contributed by atoms with Crippen molar-refractivity contribution in [1.29, 1.82) is 0 Å². The molecule has 13 heteroatoms. The van der Waals surface area contributed by atoms with Crippen molar-refractivity contribution in [2.45, 2.75) is 55.8 Å².